The van der Waals surface area contributed by atoms with Gasteiger partial charge in [-0.25, -0.2) is 13.2 Å². The third-order valence-electron chi connectivity index (χ3n) is 3.75. The second-order valence-electron chi connectivity index (χ2n) is 5.93. The molecule has 0 fully saturated rings. The molecule has 7 nitrogen and oxygen atoms in total. The van der Waals surface area contributed by atoms with Gasteiger partial charge in [0.1, 0.15) is 4.90 Å². The first kappa shape index (κ1) is 20.9. The molecule has 0 atom stereocenters. The predicted molar refractivity (Wildman–Crippen MR) is 114 cm³/mol. The SMILES string of the molecule is O=C(NCc1cccnc1)Nc1ccc(NS(=O)(=O)c2ccc(Cl)cc2Cl)cc1. The van der Waals surface area contributed by atoms with Crippen molar-refractivity contribution in [3.05, 3.63) is 82.6 Å². The van der Waals surface area contributed by atoms with Crippen LogP contribution in [0, 0.1) is 0 Å². The first-order chi connectivity index (χ1) is 13.8. The van der Waals surface area contributed by atoms with Crippen molar-refractivity contribution >= 4 is 50.6 Å². The van der Waals surface area contributed by atoms with E-state index in [9.17, 15) is 13.2 Å². The molecule has 3 rings (SSSR count). The number of anilines is 2. The Bertz CT molecular complexity index is 1110. The fraction of sp³-hybridized carbons (Fsp3) is 0.0526. The zero-order chi connectivity index (χ0) is 20.9. The summed E-state index contributed by atoms with van der Waals surface area (Å²) in [6, 6.07) is 13.6. The van der Waals surface area contributed by atoms with Crippen molar-refractivity contribution in [1.29, 1.82) is 0 Å². The largest absolute Gasteiger partial charge is 0.334 e. The highest BCUT2D eigenvalue weighted by molar-refractivity contribution is 7.92. The normalized spacial score (nSPS) is 11.0. The molecule has 0 spiro atoms. The second-order valence-corrected chi connectivity index (χ2v) is 8.42. The van der Waals surface area contributed by atoms with Crippen LogP contribution >= 0.6 is 23.2 Å². The Kier molecular flexibility index (Phi) is 6.58. The Morgan fingerprint density at radius 1 is 1.00 bits per heavy atom. The van der Waals surface area contributed by atoms with E-state index in [0.717, 1.165) is 5.56 Å². The van der Waals surface area contributed by atoms with Crippen molar-refractivity contribution in [3.63, 3.8) is 0 Å². The standard InChI is InChI=1S/C19H16Cl2N4O3S/c20-14-3-8-18(17(21)10-14)29(27,28)25-16-6-4-15(5-7-16)24-19(26)23-12-13-2-1-9-22-11-13/h1-11,25H,12H2,(H2,23,24,26). The minimum atomic E-state index is -3.88. The molecular weight excluding hydrogens is 435 g/mol. The van der Waals surface area contributed by atoms with Gasteiger partial charge in [0.25, 0.3) is 10.0 Å². The highest BCUT2D eigenvalue weighted by Gasteiger charge is 2.18. The number of rotatable bonds is 6. The number of nitrogens with zero attached hydrogens (tertiary/aromatic N) is 1. The van der Waals surface area contributed by atoms with Crippen LogP contribution in [0.25, 0.3) is 0 Å². The number of sulfonamides is 1. The summed E-state index contributed by atoms with van der Waals surface area (Å²) in [5.41, 5.74) is 1.69. The third-order valence-corrected chi connectivity index (χ3v) is 5.85. The highest BCUT2D eigenvalue weighted by atomic mass is 35.5. The zero-order valence-electron chi connectivity index (χ0n) is 14.9. The van der Waals surface area contributed by atoms with E-state index >= 15 is 0 Å². The Morgan fingerprint density at radius 3 is 2.38 bits per heavy atom. The van der Waals surface area contributed by atoms with Gasteiger partial charge in [-0.1, -0.05) is 29.3 Å². The van der Waals surface area contributed by atoms with Crippen LogP contribution < -0.4 is 15.4 Å². The van der Waals surface area contributed by atoms with Gasteiger partial charge in [0, 0.05) is 35.3 Å². The molecule has 10 heteroatoms. The molecule has 0 aliphatic heterocycles. The van der Waals surface area contributed by atoms with E-state index in [1.165, 1.54) is 30.3 Å². The molecule has 2 aromatic carbocycles. The first-order valence-electron chi connectivity index (χ1n) is 8.35. The lowest BCUT2D eigenvalue weighted by atomic mass is 10.3. The molecule has 150 valence electrons. The fourth-order valence-corrected chi connectivity index (χ4v) is 4.22. The Labute approximate surface area is 178 Å². The van der Waals surface area contributed by atoms with Gasteiger partial charge in [-0.3, -0.25) is 9.71 Å². The zero-order valence-corrected chi connectivity index (χ0v) is 17.2. The van der Waals surface area contributed by atoms with E-state index in [1.54, 1.807) is 30.6 Å². The van der Waals surface area contributed by atoms with Gasteiger partial charge in [-0.2, -0.15) is 0 Å². The average Bonchev–Trinajstić information content (AvgIpc) is 2.68. The summed E-state index contributed by atoms with van der Waals surface area (Å²) in [6.45, 7) is 0.333. The smallest absolute Gasteiger partial charge is 0.319 e. The summed E-state index contributed by atoms with van der Waals surface area (Å²) < 4.78 is 27.4. The maximum atomic E-state index is 12.5. The van der Waals surface area contributed by atoms with Crippen molar-refractivity contribution in [3.8, 4) is 0 Å². The molecule has 2 amide bonds. The molecule has 0 radical (unpaired) electrons. The molecule has 0 aliphatic rings. The van der Waals surface area contributed by atoms with Crippen molar-refractivity contribution < 1.29 is 13.2 Å². The number of urea groups is 1. The fourth-order valence-electron chi connectivity index (χ4n) is 2.39. The number of benzene rings is 2. The number of carbonyl (C=O) groups excluding carboxylic acids is 1. The minimum absolute atomic E-state index is 0.0218. The highest BCUT2D eigenvalue weighted by Crippen LogP contribution is 2.27. The molecular formula is C19H16Cl2N4O3S. The quantitative estimate of drug-likeness (QED) is 0.514. The summed E-state index contributed by atoms with van der Waals surface area (Å²) in [6.07, 6.45) is 3.31. The van der Waals surface area contributed by atoms with Crippen LogP contribution in [0.5, 0.6) is 0 Å². The van der Waals surface area contributed by atoms with E-state index < -0.39 is 16.1 Å². The number of amides is 2. The van der Waals surface area contributed by atoms with Crippen molar-refractivity contribution in [2.75, 3.05) is 10.0 Å². The summed E-state index contributed by atoms with van der Waals surface area (Å²) in [4.78, 5) is 15.9. The molecule has 0 bridgehead atoms. The molecule has 3 N–H and O–H groups in total. The summed E-state index contributed by atoms with van der Waals surface area (Å²) >= 11 is 11.8. The number of carbonyl (C=O) groups is 1. The molecule has 1 aromatic heterocycles. The lowest BCUT2D eigenvalue weighted by molar-refractivity contribution is 0.251. The molecule has 0 unspecified atom stereocenters. The summed E-state index contributed by atoms with van der Waals surface area (Å²) in [5.74, 6) is 0. The maximum Gasteiger partial charge on any atom is 0.319 e. The third kappa shape index (κ3) is 5.83. The molecule has 1 heterocycles. The van der Waals surface area contributed by atoms with Gasteiger partial charge in [0.15, 0.2) is 0 Å². The van der Waals surface area contributed by atoms with E-state index in [2.05, 4.69) is 20.3 Å². The molecule has 3 aromatic rings. The number of hydrogen-bond donors (Lipinski definition) is 3. The van der Waals surface area contributed by atoms with Gasteiger partial charge in [-0.15, -0.1) is 0 Å². The van der Waals surface area contributed by atoms with Gasteiger partial charge in [0.2, 0.25) is 0 Å². The summed E-state index contributed by atoms with van der Waals surface area (Å²) in [5, 5.41) is 5.73. The van der Waals surface area contributed by atoms with E-state index in [0.29, 0.717) is 22.9 Å². The van der Waals surface area contributed by atoms with Gasteiger partial charge in [-0.05, 0) is 54.1 Å². The van der Waals surface area contributed by atoms with Gasteiger partial charge < -0.3 is 10.6 Å². The van der Waals surface area contributed by atoms with E-state index in [1.807, 2.05) is 6.07 Å². The topological polar surface area (TPSA) is 100 Å². The number of halogens is 2. The first-order valence-corrected chi connectivity index (χ1v) is 10.6. The van der Waals surface area contributed by atoms with Crippen LogP contribution in [-0.4, -0.2) is 19.4 Å². The van der Waals surface area contributed by atoms with Crippen molar-refractivity contribution in [1.82, 2.24) is 10.3 Å². The van der Waals surface area contributed by atoms with E-state index in [4.69, 9.17) is 23.2 Å². The number of aromatic nitrogens is 1. The average molecular weight is 451 g/mol. The molecule has 0 saturated carbocycles. The Morgan fingerprint density at radius 2 is 1.72 bits per heavy atom. The van der Waals surface area contributed by atoms with Gasteiger partial charge in [0.05, 0.1) is 5.02 Å². The molecule has 0 aliphatic carbocycles. The number of hydrogen-bond acceptors (Lipinski definition) is 4. The van der Waals surface area contributed by atoms with Crippen LogP contribution in [0.3, 0.4) is 0 Å². The second kappa shape index (κ2) is 9.13. The summed E-state index contributed by atoms with van der Waals surface area (Å²) in [7, 11) is -3.88. The van der Waals surface area contributed by atoms with Crippen LogP contribution in [0.1, 0.15) is 5.56 Å². The van der Waals surface area contributed by atoms with Crippen LogP contribution in [-0.2, 0) is 16.6 Å². The Hall–Kier alpha value is -2.81. The Balaban J connectivity index is 1.60. The van der Waals surface area contributed by atoms with Crippen LogP contribution in [0.4, 0.5) is 16.2 Å². The number of pyridine rings is 1. The van der Waals surface area contributed by atoms with Crippen LogP contribution in [0.2, 0.25) is 10.0 Å². The van der Waals surface area contributed by atoms with Gasteiger partial charge >= 0.3 is 6.03 Å². The monoisotopic (exact) mass is 450 g/mol. The predicted octanol–water partition coefficient (Wildman–Crippen LogP) is 4.51. The van der Waals surface area contributed by atoms with Crippen molar-refractivity contribution in [2.45, 2.75) is 11.4 Å². The van der Waals surface area contributed by atoms with E-state index in [-0.39, 0.29) is 9.92 Å². The number of nitrogens with one attached hydrogen (secondary N) is 3. The lowest BCUT2D eigenvalue weighted by Crippen LogP contribution is -2.28. The maximum absolute atomic E-state index is 12.5. The van der Waals surface area contributed by atoms with Crippen molar-refractivity contribution in [2.24, 2.45) is 0 Å². The molecule has 0 saturated heterocycles. The molecule has 29 heavy (non-hydrogen) atoms. The van der Waals surface area contributed by atoms with Crippen LogP contribution in [0.15, 0.2) is 71.9 Å². The lowest BCUT2D eigenvalue weighted by Gasteiger charge is -2.11. The minimum Gasteiger partial charge on any atom is -0.334 e.